The maximum absolute atomic E-state index is 12.4. The molecule has 0 atom stereocenters. The van der Waals surface area contributed by atoms with Crippen molar-refractivity contribution in [2.24, 2.45) is 0 Å². The summed E-state index contributed by atoms with van der Waals surface area (Å²) in [7, 11) is 0. The Balaban J connectivity index is 2.08. The van der Waals surface area contributed by atoms with Crippen molar-refractivity contribution in [2.45, 2.75) is 32.2 Å². The molecule has 0 fully saturated rings. The van der Waals surface area contributed by atoms with Crippen LogP contribution in [0.5, 0.6) is 0 Å². The highest BCUT2D eigenvalue weighted by Gasteiger charge is 2.18. The van der Waals surface area contributed by atoms with Crippen LogP contribution in [0.25, 0.3) is 0 Å². The van der Waals surface area contributed by atoms with Crippen molar-refractivity contribution in [1.82, 2.24) is 4.57 Å². The third-order valence-corrected chi connectivity index (χ3v) is 3.91. The Labute approximate surface area is 118 Å². The Morgan fingerprint density at radius 2 is 1.90 bits per heavy atom. The molecule has 100 valence electrons. The van der Waals surface area contributed by atoms with Gasteiger partial charge in [-0.15, -0.1) is 0 Å². The van der Waals surface area contributed by atoms with Crippen molar-refractivity contribution >= 4 is 0 Å². The lowest BCUT2D eigenvalue weighted by molar-refractivity contribution is 0.654. The van der Waals surface area contributed by atoms with Gasteiger partial charge in [-0.3, -0.25) is 4.79 Å². The molecule has 2 aromatic rings. The Morgan fingerprint density at radius 3 is 2.65 bits per heavy atom. The van der Waals surface area contributed by atoms with Gasteiger partial charge in [-0.25, -0.2) is 0 Å². The van der Waals surface area contributed by atoms with Crippen LogP contribution in [0.2, 0.25) is 0 Å². The fraction of sp³-hybridized carbons (Fsp3) is 0.294. The van der Waals surface area contributed by atoms with Crippen LogP contribution in [0.4, 0.5) is 0 Å². The Morgan fingerprint density at radius 1 is 1.15 bits per heavy atom. The van der Waals surface area contributed by atoms with Gasteiger partial charge in [0.2, 0.25) is 0 Å². The first-order valence-corrected chi connectivity index (χ1v) is 6.99. The average molecular weight is 264 g/mol. The predicted octanol–water partition coefficient (Wildman–Crippen LogP) is 2.65. The molecule has 1 aliphatic carbocycles. The van der Waals surface area contributed by atoms with Crippen LogP contribution in [0.3, 0.4) is 0 Å². The Kier molecular flexibility index (Phi) is 3.39. The molecule has 3 heteroatoms. The van der Waals surface area contributed by atoms with Crippen LogP contribution in [-0.2, 0) is 19.4 Å². The first-order valence-electron chi connectivity index (χ1n) is 6.99. The number of nitrogens with zero attached hydrogens (tertiary/aromatic N) is 2. The van der Waals surface area contributed by atoms with Gasteiger partial charge in [0.15, 0.2) is 0 Å². The largest absolute Gasteiger partial charge is 0.310 e. The second kappa shape index (κ2) is 5.34. The van der Waals surface area contributed by atoms with Gasteiger partial charge in [0.1, 0.15) is 11.6 Å². The van der Waals surface area contributed by atoms with Crippen molar-refractivity contribution in [3.05, 3.63) is 69.1 Å². The lowest BCUT2D eigenvalue weighted by atomic mass is 9.90. The molecule has 1 aliphatic rings. The maximum atomic E-state index is 12.4. The minimum atomic E-state index is -0.156. The van der Waals surface area contributed by atoms with Crippen molar-refractivity contribution in [1.29, 1.82) is 5.26 Å². The van der Waals surface area contributed by atoms with E-state index >= 15 is 0 Å². The summed E-state index contributed by atoms with van der Waals surface area (Å²) >= 11 is 0. The monoisotopic (exact) mass is 264 g/mol. The van der Waals surface area contributed by atoms with Crippen LogP contribution >= 0.6 is 0 Å². The SMILES string of the molecule is N#Cc1c2c(cn(Cc3ccccc3)c1=O)CCCC2. The smallest absolute Gasteiger partial charge is 0.269 e. The number of benzene rings is 1. The summed E-state index contributed by atoms with van der Waals surface area (Å²) in [5.74, 6) is 0. The highest BCUT2D eigenvalue weighted by atomic mass is 16.1. The second-order valence-electron chi connectivity index (χ2n) is 5.25. The van der Waals surface area contributed by atoms with E-state index in [-0.39, 0.29) is 5.56 Å². The van der Waals surface area contributed by atoms with E-state index in [2.05, 4.69) is 6.07 Å². The predicted molar refractivity (Wildman–Crippen MR) is 77.6 cm³/mol. The van der Waals surface area contributed by atoms with Crippen LogP contribution < -0.4 is 5.56 Å². The number of pyridine rings is 1. The van der Waals surface area contributed by atoms with Gasteiger partial charge in [-0.1, -0.05) is 30.3 Å². The molecule has 0 spiro atoms. The highest BCUT2D eigenvalue weighted by molar-refractivity contribution is 5.42. The quantitative estimate of drug-likeness (QED) is 0.837. The van der Waals surface area contributed by atoms with Crippen LogP contribution in [0.1, 0.15) is 35.1 Å². The summed E-state index contributed by atoms with van der Waals surface area (Å²) < 4.78 is 1.68. The summed E-state index contributed by atoms with van der Waals surface area (Å²) in [5, 5.41) is 9.30. The van der Waals surface area contributed by atoms with Gasteiger partial charge < -0.3 is 4.57 Å². The van der Waals surface area contributed by atoms with E-state index < -0.39 is 0 Å². The number of hydrogen-bond acceptors (Lipinski definition) is 2. The molecular formula is C17H16N2O. The standard InChI is InChI=1S/C17H16N2O/c18-10-16-15-9-5-4-8-14(15)12-19(17(16)20)11-13-6-2-1-3-7-13/h1-3,6-7,12H,4-5,8-9,11H2. The summed E-state index contributed by atoms with van der Waals surface area (Å²) in [4.78, 5) is 12.4. The summed E-state index contributed by atoms with van der Waals surface area (Å²) in [6, 6.07) is 12.0. The molecule has 1 heterocycles. The topological polar surface area (TPSA) is 45.8 Å². The van der Waals surface area contributed by atoms with Crippen LogP contribution in [-0.4, -0.2) is 4.57 Å². The lowest BCUT2D eigenvalue weighted by Gasteiger charge is -2.19. The van der Waals surface area contributed by atoms with E-state index in [0.29, 0.717) is 12.1 Å². The molecule has 0 amide bonds. The first-order chi connectivity index (χ1) is 9.79. The number of nitriles is 1. The normalized spacial score (nSPS) is 13.6. The third-order valence-electron chi connectivity index (χ3n) is 3.91. The highest BCUT2D eigenvalue weighted by Crippen LogP contribution is 2.22. The van der Waals surface area contributed by atoms with Gasteiger partial charge in [0, 0.05) is 6.20 Å². The molecule has 0 saturated carbocycles. The second-order valence-corrected chi connectivity index (χ2v) is 5.25. The molecule has 0 saturated heterocycles. The van der Waals surface area contributed by atoms with Gasteiger partial charge in [-0.05, 0) is 42.4 Å². The zero-order valence-corrected chi connectivity index (χ0v) is 11.3. The van der Waals surface area contributed by atoms with Crippen molar-refractivity contribution in [3.8, 4) is 6.07 Å². The average Bonchev–Trinajstić information content (AvgIpc) is 2.49. The van der Waals surface area contributed by atoms with Crippen molar-refractivity contribution < 1.29 is 0 Å². The Bertz CT molecular complexity index is 723. The van der Waals surface area contributed by atoms with Crippen molar-refractivity contribution in [3.63, 3.8) is 0 Å². The summed E-state index contributed by atoms with van der Waals surface area (Å²) in [6.45, 7) is 0.529. The molecule has 0 N–H and O–H groups in total. The molecule has 0 radical (unpaired) electrons. The fourth-order valence-electron chi connectivity index (χ4n) is 2.89. The zero-order chi connectivity index (χ0) is 13.9. The number of rotatable bonds is 2. The van der Waals surface area contributed by atoms with E-state index in [1.807, 2.05) is 36.5 Å². The van der Waals surface area contributed by atoms with Gasteiger partial charge >= 0.3 is 0 Å². The van der Waals surface area contributed by atoms with E-state index in [4.69, 9.17) is 0 Å². The molecule has 1 aromatic carbocycles. The lowest BCUT2D eigenvalue weighted by Crippen LogP contribution is -2.27. The minimum Gasteiger partial charge on any atom is -0.310 e. The fourth-order valence-corrected chi connectivity index (χ4v) is 2.89. The van der Waals surface area contributed by atoms with E-state index in [0.717, 1.165) is 36.8 Å². The minimum absolute atomic E-state index is 0.156. The van der Waals surface area contributed by atoms with Gasteiger partial charge in [-0.2, -0.15) is 5.26 Å². The Hall–Kier alpha value is -2.34. The summed E-state index contributed by atoms with van der Waals surface area (Å²) in [5.41, 5.74) is 3.42. The molecule has 0 aliphatic heterocycles. The molecular weight excluding hydrogens is 248 g/mol. The van der Waals surface area contributed by atoms with E-state index in [1.165, 1.54) is 5.56 Å². The number of aromatic nitrogens is 1. The molecule has 0 unspecified atom stereocenters. The van der Waals surface area contributed by atoms with Crippen LogP contribution in [0, 0.1) is 11.3 Å². The molecule has 0 bridgehead atoms. The molecule has 1 aromatic heterocycles. The van der Waals surface area contributed by atoms with Crippen LogP contribution in [0.15, 0.2) is 41.3 Å². The van der Waals surface area contributed by atoms with E-state index in [1.54, 1.807) is 4.57 Å². The maximum Gasteiger partial charge on any atom is 0.269 e. The molecule has 20 heavy (non-hydrogen) atoms. The van der Waals surface area contributed by atoms with Gasteiger partial charge in [0.05, 0.1) is 6.54 Å². The zero-order valence-electron chi connectivity index (χ0n) is 11.3. The first kappa shape index (κ1) is 12.7. The molecule has 3 rings (SSSR count). The van der Waals surface area contributed by atoms with E-state index in [9.17, 15) is 10.1 Å². The number of aryl methyl sites for hydroxylation is 1. The van der Waals surface area contributed by atoms with Crippen molar-refractivity contribution in [2.75, 3.05) is 0 Å². The summed E-state index contributed by atoms with van der Waals surface area (Å²) in [6.07, 6.45) is 5.99. The molecule has 3 nitrogen and oxygen atoms in total. The number of fused-ring (bicyclic) bond motifs is 1. The third kappa shape index (κ3) is 2.25. The van der Waals surface area contributed by atoms with Gasteiger partial charge in [0.25, 0.3) is 5.56 Å². The number of hydrogen-bond donors (Lipinski definition) is 0.